The number of hydrogen-bond acceptors (Lipinski definition) is 8. The van der Waals surface area contributed by atoms with Gasteiger partial charge in [-0.05, 0) is 6.42 Å². The van der Waals surface area contributed by atoms with Crippen LogP contribution >= 0.6 is 24.4 Å². The van der Waals surface area contributed by atoms with Crippen LogP contribution in [-0.2, 0) is 19.1 Å². The molecule has 10 heteroatoms. The van der Waals surface area contributed by atoms with Crippen LogP contribution in [-0.4, -0.2) is 50.7 Å². The molecule has 0 bridgehead atoms. The Balaban J connectivity index is 4.48. The first-order valence-corrected chi connectivity index (χ1v) is 10.7. The number of esters is 1. The maximum atomic E-state index is 12.2. The van der Waals surface area contributed by atoms with Crippen molar-refractivity contribution in [2.45, 2.75) is 68.7 Å². The largest absolute Gasteiger partial charge is 0.465 e. The normalized spacial score (nSPS) is 15.6. The second kappa shape index (κ2) is 14.1. The number of primary amides is 2. The Morgan fingerprint density at radius 2 is 1.59 bits per heavy atom. The standard InChI is InChI=1S/C17H32N2O6S2/c1-2-3-4-5-6-7-8-9-10-25-14(21)12(11-26)17(24,16(19)23)27-15(22)13(18)20/h12,15,22,24,26H,2-11H2,1H3,(H2,18,20)(H2,19,23). The molecule has 8 nitrogen and oxygen atoms in total. The molecule has 0 saturated heterocycles. The van der Waals surface area contributed by atoms with Gasteiger partial charge in [0.25, 0.3) is 11.8 Å². The van der Waals surface area contributed by atoms with Gasteiger partial charge in [-0.25, -0.2) is 0 Å². The van der Waals surface area contributed by atoms with E-state index in [4.69, 9.17) is 16.2 Å². The Labute approximate surface area is 170 Å². The van der Waals surface area contributed by atoms with Gasteiger partial charge in [-0.3, -0.25) is 14.4 Å². The molecule has 27 heavy (non-hydrogen) atoms. The highest BCUT2D eigenvalue weighted by molar-refractivity contribution is 8.02. The van der Waals surface area contributed by atoms with E-state index in [1.165, 1.54) is 25.7 Å². The van der Waals surface area contributed by atoms with Crippen LogP contribution < -0.4 is 11.5 Å². The third-order valence-corrected chi connectivity index (χ3v) is 5.74. The average molecular weight is 425 g/mol. The van der Waals surface area contributed by atoms with E-state index in [1.807, 2.05) is 0 Å². The van der Waals surface area contributed by atoms with E-state index in [2.05, 4.69) is 19.6 Å². The molecule has 0 aliphatic carbocycles. The fraction of sp³-hybridized carbons (Fsp3) is 0.824. The van der Waals surface area contributed by atoms with Gasteiger partial charge in [-0.15, -0.1) is 0 Å². The van der Waals surface area contributed by atoms with Crippen molar-refractivity contribution in [3.05, 3.63) is 0 Å². The van der Waals surface area contributed by atoms with Gasteiger partial charge in [0, 0.05) is 5.75 Å². The number of carbonyl (C=O) groups excluding carboxylic acids is 3. The van der Waals surface area contributed by atoms with Gasteiger partial charge >= 0.3 is 5.97 Å². The van der Waals surface area contributed by atoms with E-state index in [9.17, 15) is 24.6 Å². The Morgan fingerprint density at radius 3 is 2.04 bits per heavy atom. The Bertz CT molecular complexity index is 480. The third kappa shape index (κ3) is 9.68. The summed E-state index contributed by atoms with van der Waals surface area (Å²) in [6.07, 6.45) is 8.61. The van der Waals surface area contributed by atoms with Crippen LogP contribution in [0.3, 0.4) is 0 Å². The number of nitrogens with two attached hydrogens (primary N) is 2. The third-order valence-electron chi connectivity index (χ3n) is 4.07. The monoisotopic (exact) mass is 424 g/mol. The molecule has 0 aromatic carbocycles. The summed E-state index contributed by atoms with van der Waals surface area (Å²) in [6.45, 7) is 2.30. The van der Waals surface area contributed by atoms with E-state index in [1.54, 1.807) is 0 Å². The maximum absolute atomic E-state index is 12.2. The van der Waals surface area contributed by atoms with Crippen molar-refractivity contribution in [1.29, 1.82) is 0 Å². The number of aliphatic hydroxyl groups is 2. The summed E-state index contributed by atoms with van der Waals surface area (Å²) in [5, 5.41) is 20.0. The van der Waals surface area contributed by atoms with Crippen LogP contribution in [0.4, 0.5) is 0 Å². The molecular weight excluding hydrogens is 392 g/mol. The molecule has 0 heterocycles. The van der Waals surface area contributed by atoms with Crippen LogP contribution in [0.2, 0.25) is 0 Å². The van der Waals surface area contributed by atoms with Crippen LogP contribution in [0.25, 0.3) is 0 Å². The second-order valence-electron chi connectivity index (χ2n) is 6.31. The number of carbonyl (C=O) groups is 3. The highest BCUT2D eigenvalue weighted by Gasteiger charge is 2.49. The van der Waals surface area contributed by atoms with Crippen molar-refractivity contribution >= 4 is 42.2 Å². The maximum Gasteiger partial charge on any atom is 0.314 e. The predicted octanol–water partition coefficient (Wildman–Crippen LogP) is 0.927. The van der Waals surface area contributed by atoms with Gasteiger partial charge in [0.1, 0.15) is 5.92 Å². The molecule has 158 valence electrons. The Kier molecular flexibility index (Phi) is 13.6. The number of aliphatic hydroxyl groups excluding tert-OH is 1. The molecule has 0 aromatic heterocycles. The number of rotatable bonds is 16. The summed E-state index contributed by atoms with van der Waals surface area (Å²) in [6, 6.07) is 0. The van der Waals surface area contributed by atoms with E-state index in [0.717, 1.165) is 19.3 Å². The van der Waals surface area contributed by atoms with E-state index in [0.29, 0.717) is 6.42 Å². The smallest absolute Gasteiger partial charge is 0.314 e. The molecule has 0 aliphatic rings. The van der Waals surface area contributed by atoms with Gasteiger partial charge in [0.05, 0.1) is 6.61 Å². The highest BCUT2D eigenvalue weighted by atomic mass is 32.2. The molecule has 2 amide bonds. The number of thioether (sulfide) groups is 1. The number of amides is 2. The minimum absolute atomic E-state index is 0.0932. The second-order valence-corrected chi connectivity index (χ2v) is 7.98. The molecule has 0 aliphatic heterocycles. The number of hydrogen-bond donors (Lipinski definition) is 5. The first-order valence-electron chi connectivity index (χ1n) is 9.15. The molecule has 3 atom stereocenters. The fourth-order valence-electron chi connectivity index (χ4n) is 2.41. The minimum Gasteiger partial charge on any atom is -0.465 e. The number of unbranched alkanes of at least 4 members (excludes halogenated alkanes) is 7. The molecule has 0 radical (unpaired) electrons. The van der Waals surface area contributed by atoms with Crippen LogP contribution in [0.5, 0.6) is 0 Å². The van der Waals surface area contributed by atoms with E-state index < -0.39 is 34.1 Å². The van der Waals surface area contributed by atoms with Gasteiger partial charge < -0.3 is 26.4 Å². The van der Waals surface area contributed by atoms with E-state index in [-0.39, 0.29) is 24.1 Å². The van der Waals surface area contributed by atoms with Crippen LogP contribution in [0, 0.1) is 5.92 Å². The first kappa shape index (κ1) is 26.0. The zero-order valence-corrected chi connectivity index (χ0v) is 17.5. The molecule has 0 aromatic rings. The van der Waals surface area contributed by atoms with E-state index >= 15 is 0 Å². The molecular formula is C17H32N2O6S2. The lowest BCUT2D eigenvalue weighted by Gasteiger charge is -2.31. The number of thiol groups is 1. The van der Waals surface area contributed by atoms with Gasteiger partial charge in [-0.2, -0.15) is 12.6 Å². The Morgan fingerprint density at radius 1 is 1.07 bits per heavy atom. The summed E-state index contributed by atoms with van der Waals surface area (Å²) in [7, 11) is 0. The lowest BCUT2D eigenvalue weighted by molar-refractivity contribution is -0.156. The topological polar surface area (TPSA) is 153 Å². The van der Waals surface area contributed by atoms with Crippen molar-refractivity contribution in [1.82, 2.24) is 0 Å². The zero-order valence-electron chi connectivity index (χ0n) is 15.8. The van der Waals surface area contributed by atoms with Crippen LogP contribution in [0.1, 0.15) is 58.3 Å². The molecule has 6 N–H and O–H groups in total. The summed E-state index contributed by atoms with van der Waals surface area (Å²) in [5.41, 5.74) is 8.17. The van der Waals surface area contributed by atoms with Crippen LogP contribution in [0.15, 0.2) is 0 Å². The predicted molar refractivity (Wildman–Crippen MR) is 108 cm³/mol. The molecule has 0 spiro atoms. The zero-order chi connectivity index (χ0) is 20.9. The van der Waals surface area contributed by atoms with Gasteiger partial charge in [0.15, 0.2) is 5.44 Å². The molecule has 0 fully saturated rings. The molecule has 0 rings (SSSR count). The van der Waals surface area contributed by atoms with Gasteiger partial charge in [0.2, 0.25) is 4.93 Å². The van der Waals surface area contributed by atoms with Crippen molar-refractivity contribution in [2.75, 3.05) is 12.4 Å². The summed E-state index contributed by atoms with van der Waals surface area (Å²) in [5.74, 6) is -5.07. The van der Waals surface area contributed by atoms with Crippen molar-refractivity contribution in [3.8, 4) is 0 Å². The van der Waals surface area contributed by atoms with Crippen molar-refractivity contribution in [2.24, 2.45) is 17.4 Å². The Hall–Kier alpha value is -0.970. The molecule has 0 saturated carbocycles. The quantitative estimate of drug-likeness (QED) is 0.107. The van der Waals surface area contributed by atoms with Crippen molar-refractivity contribution < 1.29 is 29.3 Å². The number of ether oxygens (including phenoxy) is 1. The summed E-state index contributed by atoms with van der Waals surface area (Å²) >= 11 is 4.05. The summed E-state index contributed by atoms with van der Waals surface area (Å²) < 4.78 is 5.11. The summed E-state index contributed by atoms with van der Waals surface area (Å²) in [4.78, 5) is 32.3. The highest BCUT2D eigenvalue weighted by Crippen LogP contribution is 2.35. The van der Waals surface area contributed by atoms with Crippen molar-refractivity contribution in [3.63, 3.8) is 0 Å². The SMILES string of the molecule is CCCCCCCCCCOC(=O)C(CS)C(O)(SC(O)C(N)=O)C(N)=O. The first-order chi connectivity index (χ1) is 12.7. The lowest BCUT2D eigenvalue weighted by atomic mass is 10.0. The van der Waals surface area contributed by atoms with Gasteiger partial charge in [-0.1, -0.05) is 63.6 Å². The average Bonchev–Trinajstić information content (AvgIpc) is 2.60. The minimum atomic E-state index is -2.56. The lowest BCUT2D eigenvalue weighted by Crippen LogP contribution is -2.53. The fourth-order valence-corrected chi connectivity index (χ4v) is 3.86. The molecule has 3 unspecified atom stereocenters.